The maximum atomic E-state index is 11.6. The van der Waals surface area contributed by atoms with E-state index in [1.54, 1.807) is 16.7 Å². The molecule has 0 saturated carbocycles. The van der Waals surface area contributed by atoms with Crippen molar-refractivity contribution in [2.75, 3.05) is 19.6 Å². The number of rotatable bonds is 9. The van der Waals surface area contributed by atoms with E-state index in [4.69, 9.17) is 0 Å². The van der Waals surface area contributed by atoms with Gasteiger partial charge < -0.3 is 15.2 Å². The third-order valence-corrected chi connectivity index (χ3v) is 3.87. The van der Waals surface area contributed by atoms with Crippen LogP contribution < -0.4 is 16.2 Å². The summed E-state index contributed by atoms with van der Waals surface area (Å²) in [4.78, 5) is 16.2. The molecule has 0 fully saturated rings. The minimum Gasteiger partial charge on any atom is -0.357 e. The Morgan fingerprint density at radius 3 is 2.60 bits per heavy atom. The monoisotopic (exact) mass is 340 g/mol. The predicted molar refractivity (Wildman–Crippen MR) is 104 cm³/mol. The third-order valence-electron chi connectivity index (χ3n) is 3.87. The lowest BCUT2D eigenvalue weighted by atomic mass is 10.1. The third kappa shape index (κ3) is 7.25. The molecule has 2 rings (SSSR count). The van der Waals surface area contributed by atoms with Gasteiger partial charge >= 0.3 is 0 Å². The van der Waals surface area contributed by atoms with Crippen molar-refractivity contribution in [2.45, 2.75) is 32.7 Å². The molecule has 1 aromatic heterocycles. The van der Waals surface area contributed by atoms with Gasteiger partial charge in [0.15, 0.2) is 5.96 Å². The SMILES string of the molecule is CCNC(=NCCCCn1ccccc1=O)NCCc1ccccc1. The predicted octanol–water partition coefficient (Wildman–Crippen LogP) is 2.43. The van der Waals surface area contributed by atoms with Crippen LogP contribution in [-0.2, 0) is 13.0 Å². The summed E-state index contributed by atoms with van der Waals surface area (Å²) in [7, 11) is 0. The van der Waals surface area contributed by atoms with Crippen LogP contribution in [0.15, 0.2) is 64.5 Å². The smallest absolute Gasteiger partial charge is 0.250 e. The van der Waals surface area contributed by atoms with Crippen LogP contribution in [0.5, 0.6) is 0 Å². The molecule has 25 heavy (non-hydrogen) atoms. The fraction of sp³-hybridized carbons (Fsp3) is 0.400. The lowest BCUT2D eigenvalue weighted by Gasteiger charge is -2.11. The van der Waals surface area contributed by atoms with Crippen molar-refractivity contribution < 1.29 is 0 Å². The molecule has 5 heteroatoms. The van der Waals surface area contributed by atoms with E-state index >= 15 is 0 Å². The average molecular weight is 340 g/mol. The van der Waals surface area contributed by atoms with Crippen LogP contribution in [-0.4, -0.2) is 30.2 Å². The molecule has 5 nitrogen and oxygen atoms in total. The van der Waals surface area contributed by atoms with E-state index in [-0.39, 0.29) is 5.56 Å². The summed E-state index contributed by atoms with van der Waals surface area (Å²) in [5.74, 6) is 0.857. The molecular formula is C20H28N4O. The number of aliphatic imine (C=N–C) groups is 1. The maximum Gasteiger partial charge on any atom is 0.250 e. The summed E-state index contributed by atoms with van der Waals surface area (Å²) < 4.78 is 1.74. The Kier molecular flexibility index (Phi) is 8.32. The van der Waals surface area contributed by atoms with Crippen LogP contribution in [0.1, 0.15) is 25.3 Å². The highest BCUT2D eigenvalue weighted by Gasteiger charge is 1.98. The molecule has 0 aliphatic rings. The molecule has 2 N–H and O–H groups in total. The van der Waals surface area contributed by atoms with Gasteiger partial charge in [-0.1, -0.05) is 36.4 Å². The van der Waals surface area contributed by atoms with Gasteiger partial charge in [-0.2, -0.15) is 0 Å². The molecule has 0 amide bonds. The van der Waals surface area contributed by atoms with E-state index < -0.39 is 0 Å². The van der Waals surface area contributed by atoms with Gasteiger partial charge in [-0.15, -0.1) is 0 Å². The van der Waals surface area contributed by atoms with Crippen molar-refractivity contribution in [3.05, 3.63) is 70.6 Å². The largest absolute Gasteiger partial charge is 0.357 e. The number of nitrogens with one attached hydrogen (secondary N) is 2. The lowest BCUT2D eigenvalue weighted by molar-refractivity contribution is 0.597. The molecule has 0 radical (unpaired) electrons. The Bertz CT molecular complexity index is 694. The quantitative estimate of drug-likeness (QED) is 0.419. The van der Waals surface area contributed by atoms with Gasteiger partial charge in [-0.25, -0.2) is 0 Å². The fourth-order valence-electron chi connectivity index (χ4n) is 2.54. The van der Waals surface area contributed by atoms with Crippen LogP contribution in [0.25, 0.3) is 0 Å². The number of guanidine groups is 1. The second-order valence-corrected chi connectivity index (χ2v) is 5.86. The van der Waals surface area contributed by atoms with E-state index in [2.05, 4.69) is 46.8 Å². The Hall–Kier alpha value is -2.56. The van der Waals surface area contributed by atoms with Gasteiger partial charge in [-0.3, -0.25) is 9.79 Å². The first-order chi connectivity index (χ1) is 12.3. The van der Waals surface area contributed by atoms with Gasteiger partial charge in [-0.05, 0) is 37.8 Å². The molecule has 0 atom stereocenters. The molecule has 1 heterocycles. The first-order valence-corrected chi connectivity index (χ1v) is 9.01. The minimum absolute atomic E-state index is 0.0573. The van der Waals surface area contributed by atoms with Crippen LogP contribution in [0, 0.1) is 0 Å². The van der Waals surface area contributed by atoms with Crippen LogP contribution in [0.4, 0.5) is 0 Å². The zero-order valence-electron chi connectivity index (χ0n) is 14.9. The van der Waals surface area contributed by atoms with E-state index in [1.807, 2.05) is 18.3 Å². The number of aryl methyl sites for hydroxylation is 1. The zero-order valence-corrected chi connectivity index (χ0v) is 14.9. The first kappa shape index (κ1) is 18.8. The molecule has 2 aromatic rings. The maximum absolute atomic E-state index is 11.6. The highest BCUT2D eigenvalue weighted by Crippen LogP contribution is 1.98. The Labute approximate surface area is 149 Å². The highest BCUT2D eigenvalue weighted by atomic mass is 16.1. The Morgan fingerprint density at radius 1 is 1.04 bits per heavy atom. The minimum atomic E-state index is 0.0573. The van der Waals surface area contributed by atoms with Crippen LogP contribution in [0.2, 0.25) is 0 Å². The average Bonchev–Trinajstić information content (AvgIpc) is 2.64. The molecule has 134 valence electrons. The number of aromatic nitrogens is 1. The van der Waals surface area contributed by atoms with Crippen molar-refractivity contribution in [3.8, 4) is 0 Å². The highest BCUT2D eigenvalue weighted by molar-refractivity contribution is 5.79. The molecule has 0 saturated heterocycles. The standard InChI is InChI=1S/C20H28N4O/c1-2-21-20(23-15-13-18-10-4-3-5-11-18)22-14-7-9-17-24-16-8-6-12-19(24)25/h3-6,8,10-12,16H,2,7,9,13-15,17H2,1H3,(H2,21,22,23). The van der Waals surface area contributed by atoms with Crippen molar-refractivity contribution in [1.29, 1.82) is 0 Å². The molecule has 1 aromatic carbocycles. The van der Waals surface area contributed by atoms with E-state index in [1.165, 1.54) is 5.56 Å². The summed E-state index contributed by atoms with van der Waals surface area (Å²) in [5, 5.41) is 6.64. The molecule has 0 aliphatic carbocycles. The van der Waals surface area contributed by atoms with Crippen molar-refractivity contribution >= 4 is 5.96 Å². The fourth-order valence-corrected chi connectivity index (χ4v) is 2.54. The van der Waals surface area contributed by atoms with Gasteiger partial charge in [0.05, 0.1) is 0 Å². The summed E-state index contributed by atoms with van der Waals surface area (Å²) in [5.41, 5.74) is 1.38. The van der Waals surface area contributed by atoms with Crippen molar-refractivity contribution in [3.63, 3.8) is 0 Å². The first-order valence-electron chi connectivity index (χ1n) is 9.01. The number of nitrogens with zero attached hydrogens (tertiary/aromatic N) is 2. The van der Waals surface area contributed by atoms with Gasteiger partial charge in [0, 0.05) is 38.4 Å². The van der Waals surface area contributed by atoms with Gasteiger partial charge in [0.2, 0.25) is 5.56 Å². The van der Waals surface area contributed by atoms with E-state index in [0.29, 0.717) is 0 Å². The molecule has 0 spiro atoms. The van der Waals surface area contributed by atoms with Gasteiger partial charge in [0.25, 0.3) is 0 Å². The number of hydrogen-bond donors (Lipinski definition) is 2. The topological polar surface area (TPSA) is 58.4 Å². The number of benzene rings is 1. The Balaban J connectivity index is 1.69. The summed E-state index contributed by atoms with van der Waals surface area (Å²) in [6, 6.07) is 15.7. The van der Waals surface area contributed by atoms with E-state index in [9.17, 15) is 4.79 Å². The second kappa shape index (κ2) is 11.1. The summed E-state index contributed by atoms with van der Waals surface area (Å²) in [6.07, 6.45) is 4.70. The van der Waals surface area contributed by atoms with Crippen molar-refractivity contribution in [1.82, 2.24) is 15.2 Å². The van der Waals surface area contributed by atoms with Gasteiger partial charge in [0.1, 0.15) is 0 Å². The molecule has 0 unspecified atom stereocenters. The lowest BCUT2D eigenvalue weighted by Crippen LogP contribution is -2.38. The Morgan fingerprint density at radius 2 is 1.84 bits per heavy atom. The van der Waals surface area contributed by atoms with E-state index in [0.717, 1.165) is 51.4 Å². The van der Waals surface area contributed by atoms with Crippen molar-refractivity contribution in [2.24, 2.45) is 4.99 Å². The molecule has 0 bridgehead atoms. The second-order valence-electron chi connectivity index (χ2n) is 5.86. The van der Waals surface area contributed by atoms with Crippen LogP contribution in [0.3, 0.4) is 0 Å². The molecule has 0 aliphatic heterocycles. The zero-order chi connectivity index (χ0) is 17.7. The normalized spacial score (nSPS) is 11.3. The number of hydrogen-bond acceptors (Lipinski definition) is 2. The number of pyridine rings is 1. The summed E-state index contributed by atoms with van der Waals surface area (Å²) in [6.45, 7) is 5.26. The summed E-state index contributed by atoms with van der Waals surface area (Å²) >= 11 is 0. The van der Waals surface area contributed by atoms with Crippen LogP contribution >= 0.6 is 0 Å². The number of unbranched alkanes of at least 4 members (excludes halogenated alkanes) is 1. The molecular weight excluding hydrogens is 312 g/mol.